The number of aliphatic hydroxyl groups is 1. The highest BCUT2D eigenvalue weighted by Crippen LogP contribution is 2.43. The summed E-state index contributed by atoms with van der Waals surface area (Å²) in [6, 6.07) is 12.5. The molecule has 8 heteroatoms. The van der Waals surface area contributed by atoms with Gasteiger partial charge in [0.15, 0.2) is 5.78 Å². The molecule has 2 amide bonds. The van der Waals surface area contributed by atoms with Gasteiger partial charge in [0.05, 0.1) is 6.04 Å². The summed E-state index contributed by atoms with van der Waals surface area (Å²) in [4.78, 5) is 24.7. The number of carbonyl (C=O) groups is 2. The summed E-state index contributed by atoms with van der Waals surface area (Å²) in [6.07, 6.45) is -5.26. The Morgan fingerprint density at radius 3 is 2.08 bits per heavy atom. The van der Waals surface area contributed by atoms with Gasteiger partial charge in [0.2, 0.25) is 5.72 Å². The standard InChI is InChI=1S/C18H15F3N2O3/c19-18(20,21)17(26)13(15(24)12-9-5-2-6-10-12)14(22-16(25)23-17)11-7-3-1-4-8-11/h1-10,13-14,26H,(H2,22,23,25)/t13-,14+,17+/m1/s1. The van der Waals surface area contributed by atoms with E-state index < -0.39 is 35.7 Å². The van der Waals surface area contributed by atoms with Crippen LogP contribution >= 0.6 is 0 Å². The molecule has 5 nitrogen and oxygen atoms in total. The third-order valence-electron chi connectivity index (χ3n) is 4.31. The van der Waals surface area contributed by atoms with Crippen LogP contribution in [0.1, 0.15) is 22.0 Å². The van der Waals surface area contributed by atoms with Crippen molar-refractivity contribution < 1.29 is 27.9 Å². The Morgan fingerprint density at radius 1 is 1.00 bits per heavy atom. The van der Waals surface area contributed by atoms with Crippen LogP contribution in [0.4, 0.5) is 18.0 Å². The first-order valence-corrected chi connectivity index (χ1v) is 7.76. The number of alkyl halides is 3. The molecule has 0 aromatic heterocycles. The van der Waals surface area contributed by atoms with Gasteiger partial charge in [-0.15, -0.1) is 0 Å². The van der Waals surface area contributed by atoms with Crippen LogP contribution in [0.5, 0.6) is 0 Å². The van der Waals surface area contributed by atoms with E-state index >= 15 is 0 Å². The summed E-state index contributed by atoms with van der Waals surface area (Å²) in [7, 11) is 0. The first kappa shape index (κ1) is 17.9. The number of halogens is 3. The molecule has 2 aromatic carbocycles. The molecule has 136 valence electrons. The van der Waals surface area contributed by atoms with Crippen LogP contribution in [-0.2, 0) is 0 Å². The Bertz CT molecular complexity index is 811. The second-order valence-electron chi connectivity index (χ2n) is 5.96. The average molecular weight is 364 g/mol. The minimum absolute atomic E-state index is 0.000875. The van der Waals surface area contributed by atoms with Gasteiger partial charge in [0.1, 0.15) is 5.92 Å². The maximum Gasteiger partial charge on any atom is 0.437 e. The van der Waals surface area contributed by atoms with Crippen molar-refractivity contribution in [2.45, 2.75) is 17.9 Å². The van der Waals surface area contributed by atoms with Crippen LogP contribution in [0, 0.1) is 5.92 Å². The van der Waals surface area contributed by atoms with Crippen LogP contribution in [0.25, 0.3) is 0 Å². The Morgan fingerprint density at radius 2 is 1.54 bits per heavy atom. The SMILES string of the molecule is O=C1N[C@@H](c2ccccc2)[C@H](C(=O)c2ccccc2)[C@](O)(C(F)(F)F)N1. The lowest BCUT2D eigenvalue weighted by atomic mass is 9.77. The van der Waals surface area contributed by atoms with E-state index in [0.717, 1.165) is 0 Å². The highest BCUT2D eigenvalue weighted by atomic mass is 19.4. The molecule has 2 aromatic rings. The molecule has 3 N–H and O–H groups in total. The lowest BCUT2D eigenvalue weighted by Gasteiger charge is -2.45. The minimum atomic E-state index is -5.26. The molecule has 26 heavy (non-hydrogen) atoms. The number of Topliss-reactive ketones (excluding diaryl/α,β-unsaturated/α-hetero) is 1. The Balaban J connectivity index is 2.15. The molecule has 1 aliphatic heterocycles. The number of hydrogen-bond acceptors (Lipinski definition) is 3. The highest BCUT2D eigenvalue weighted by Gasteiger charge is 2.66. The van der Waals surface area contributed by atoms with E-state index in [1.807, 2.05) is 0 Å². The first-order chi connectivity index (χ1) is 12.2. The van der Waals surface area contributed by atoms with Gasteiger partial charge in [-0.1, -0.05) is 60.7 Å². The molecule has 0 unspecified atom stereocenters. The molecule has 0 aliphatic carbocycles. The number of benzene rings is 2. The number of urea groups is 1. The maximum absolute atomic E-state index is 13.7. The van der Waals surface area contributed by atoms with Gasteiger partial charge in [0.25, 0.3) is 0 Å². The van der Waals surface area contributed by atoms with Crippen LogP contribution in [0.3, 0.4) is 0 Å². The maximum atomic E-state index is 13.7. The molecule has 0 spiro atoms. The number of amides is 2. The van der Waals surface area contributed by atoms with E-state index in [0.29, 0.717) is 0 Å². The summed E-state index contributed by atoms with van der Waals surface area (Å²) >= 11 is 0. The zero-order valence-electron chi connectivity index (χ0n) is 13.3. The van der Waals surface area contributed by atoms with Crippen LogP contribution in [0.15, 0.2) is 60.7 Å². The number of rotatable bonds is 3. The van der Waals surface area contributed by atoms with Crippen LogP contribution in [-0.4, -0.2) is 28.8 Å². The zero-order chi connectivity index (χ0) is 18.9. The largest absolute Gasteiger partial charge is 0.437 e. The molecule has 0 bridgehead atoms. The molecule has 1 saturated heterocycles. The fraction of sp³-hybridized carbons (Fsp3) is 0.222. The summed E-state index contributed by atoms with van der Waals surface area (Å²) in [6.45, 7) is 0. The molecular formula is C18H15F3N2O3. The van der Waals surface area contributed by atoms with Gasteiger partial charge in [-0.25, -0.2) is 4.79 Å². The predicted molar refractivity (Wildman–Crippen MR) is 86.1 cm³/mol. The summed E-state index contributed by atoms with van der Waals surface area (Å²) in [5, 5.41) is 14.2. The molecule has 1 aliphatic rings. The lowest BCUT2D eigenvalue weighted by Crippen LogP contribution is -2.72. The van der Waals surface area contributed by atoms with Crippen molar-refractivity contribution in [1.82, 2.24) is 10.6 Å². The highest BCUT2D eigenvalue weighted by molar-refractivity contribution is 6.00. The van der Waals surface area contributed by atoms with E-state index in [-0.39, 0.29) is 11.1 Å². The number of nitrogens with one attached hydrogen (secondary N) is 2. The number of hydrogen-bond donors (Lipinski definition) is 3. The van der Waals surface area contributed by atoms with Crippen molar-refractivity contribution in [3.05, 3.63) is 71.8 Å². The fourth-order valence-corrected chi connectivity index (χ4v) is 3.06. The topological polar surface area (TPSA) is 78.4 Å². The van der Waals surface area contributed by atoms with Crippen LogP contribution in [0.2, 0.25) is 0 Å². The van der Waals surface area contributed by atoms with Gasteiger partial charge in [0, 0.05) is 5.56 Å². The Hall–Kier alpha value is -2.87. The molecular weight excluding hydrogens is 349 g/mol. The first-order valence-electron chi connectivity index (χ1n) is 7.76. The van der Waals surface area contributed by atoms with Crippen molar-refractivity contribution >= 4 is 11.8 Å². The van der Waals surface area contributed by atoms with Crippen molar-refractivity contribution in [2.75, 3.05) is 0 Å². The van der Waals surface area contributed by atoms with E-state index in [1.54, 1.807) is 24.3 Å². The van der Waals surface area contributed by atoms with Gasteiger partial charge in [-0.3, -0.25) is 4.79 Å². The molecule has 0 saturated carbocycles. The molecule has 0 radical (unpaired) electrons. The Kier molecular flexibility index (Phi) is 4.45. The van der Waals surface area contributed by atoms with E-state index in [2.05, 4.69) is 5.32 Å². The van der Waals surface area contributed by atoms with Gasteiger partial charge in [-0.2, -0.15) is 13.2 Å². The Labute approximate surface area is 146 Å². The normalized spacial score (nSPS) is 25.9. The van der Waals surface area contributed by atoms with E-state index in [9.17, 15) is 27.9 Å². The molecule has 3 atom stereocenters. The fourth-order valence-electron chi connectivity index (χ4n) is 3.06. The number of carbonyl (C=O) groups excluding carboxylic acids is 2. The zero-order valence-corrected chi connectivity index (χ0v) is 13.3. The molecule has 3 rings (SSSR count). The quantitative estimate of drug-likeness (QED) is 0.733. The minimum Gasteiger partial charge on any atom is -0.363 e. The predicted octanol–water partition coefficient (Wildman–Crippen LogP) is 2.79. The van der Waals surface area contributed by atoms with Crippen LogP contribution < -0.4 is 10.6 Å². The monoisotopic (exact) mass is 364 g/mol. The van der Waals surface area contributed by atoms with Crippen molar-refractivity contribution in [1.29, 1.82) is 0 Å². The molecule has 1 fully saturated rings. The second-order valence-corrected chi connectivity index (χ2v) is 5.96. The third-order valence-corrected chi connectivity index (χ3v) is 4.31. The summed E-state index contributed by atoms with van der Waals surface area (Å²) < 4.78 is 41.0. The lowest BCUT2D eigenvalue weighted by molar-refractivity contribution is -0.287. The molecule has 1 heterocycles. The van der Waals surface area contributed by atoms with Crippen molar-refractivity contribution in [3.8, 4) is 0 Å². The number of ketones is 1. The van der Waals surface area contributed by atoms with Gasteiger partial charge in [-0.05, 0) is 5.56 Å². The van der Waals surface area contributed by atoms with Crippen molar-refractivity contribution in [2.24, 2.45) is 5.92 Å². The van der Waals surface area contributed by atoms with E-state index in [4.69, 9.17) is 0 Å². The van der Waals surface area contributed by atoms with E-state index in [1.165, 1.54) is 41.7 Å². The summed E-state index contributed by atoms with van der Waals surface area (Å²) in [5.74, 6) is -2.95. The average Bonchev–Trinajstić information content (AvgIpc) is 2.61. The van der Waals surface area contributed by atoms with Gasteiger partial charge < -0.3 is 15.7 Å². The second kappa shape index (κ2) is 6.45. The van der Waals surface area contributed by atoms with Gasteiger partial charge >= 0.3 is 12.2 Å². The smallest absolute Gasteiger partial charge is 0.363 e. The third kappa shape index (κ3) is 3.03. The van der Waals surface area contributed by atoms with Crippen molar-refractivity contribution in [3.63, 3.8) is 0 Å². The summed E-state index contributed by atoms with van der Waals surface area (Å²) in [5.41, 5.74) is -3.43.